The number of pyridine rings is 1. The van der Waals surface area contributed by atoms with Gasteiger partial charge in [0.05, 0.1) is 6.61 Å². The first kappa shape index (κ1) is 17.0. The van der Waals surface area contributed by atoms with E-state index in [-0.39, 0.29) is 0 Å². The molecule has 1 N–H and O–H groups in total. The summed E-state index contributed by atoms with van der Waals surface area (Å²) in [5.41, 5.74) is 4.36. The molecule has 4 nitrogen and oxygen atoms in total. The van der Waals surface area contributed by atoms with Crippen molar-refractivity contribution < 1.29 is 4.74 Å². The maximum absolute atomic E-state index is 5.58. The Kier molecular flexibility index (Phi) is 4.83. The number of rotatable bonds is 5. The molecule has 26 heavy (non-hydrogen) atoms. The Balaban J connectivity index is 1.75. The average molecular weight is 349 g/mol. The Hall–Kier alpha value is -2.49. The molecule has 0 aliphatic heterocycles. The zero-order valence-electron chi connectivity index (χ0n) is 15.7. The second-order valence-electron chi connectivity index (χ2n) is 7.18. The average Bonchev–Trinajstić information content (AvgIpc) is 3.01. The summed E-state index contributed by atoms with van der Waals surface area (Å²) in [6.07, 6.45) is 8.63. The zero-order valence-corrected chi connectivity index (χ0v) is 15.7. The van der Waals surface area contributed by atoms with E-state index in [1.807, 2.05) is 19.1 Å². The van der Waals surface area contributed by atoms with Gasteiger partial charge in [0.25, 0.3) is 0 Å². The number of nitrogens with zero attached hydrogens (tertiary/aromatic N) is 2. The van der Waals surface area contributed by atoms with Crippen LogP contribution in [0.3, 0.4) is 0 Å². The summed E-state index contributed by atoms with van der Waals surface area (Å²) in [5, 5.41) is 3.81. The molecule has 1 aliphatic carbocycles. The molecule has 3 aromatic rings. The van der Waals surface area contributed by atoms with Gasteiger partial charge in [0.1, 0.15) is 22.9 Å². The number of hydrogen-bond donors (Lipinski definition) is 1. The Bertz CT molecular complexity index is 876. The smallest absolute Gasteiger partial charge is 0.139 e. The molecule has 4 heteroatoms. The molecule has 2 aromatic heterocycles. The van der Waals surface area contributed by atoms with Crippen LogP contribution in [0.5, 0.6) is 5.75 Å². The summed E-state index contributed by atoms with van der Waals surface area (Å²) in [6.45, 7) is 4.81. The fourth-order valence-corrected chi connectivity index (χ4v) is 3.81. The van der Waals surface area contributed by atoms with Gasteiger partial charge in [0.15, 0.2) is 0 Å². The number of anilines is 1. The molecule has 0 atom stereocenters. The van der Waals surface area contributed by atoms with Crippen molar-refractivity contribution in [3.63, 3.8) is 0 Å². The van der Waals surface area contributed by atoms with Crippen molar-refractivity contribution in [2.24, 2.45) is 0 Å². The van der Waals surface area contributed by atoms with Gasteiger partial charge in [-0.1, -0.05) is 25.3 Å². The van der Waals surface area contributed by atoms with E-state index in [4.69, 9.17) is 9.72 Å². The predicted octanol–water partition coefficient (Wildman–Crippen LogP) is 5.45. The first-order chi connectivity index (χ1) is 12.7. The molecule has 0 unspecified atom stereocenters. The molecule has 0 saturated heterocycles. The summed E-state index contributed by atoms with van der Waals surface area (Å²) < 4.78 is 7.79. The van der Waals surface area contributed by atoms with E-state index in [1.54, 1.807) is 0 Å². The summed E-state index contributed by atoms with van der Waals surface area (Å²) in [7, 11) is 0. The third-order valence-electron chi connectivity index (χ3n) is 5.15. The fourth-order valence-electron chi connectivity index (χ4n) is 3.81. The molecule has 1 aliphatic rings. The van der Waals surface area contributed by atoms with E-state index in [0.29, 0.717) is 12.6 Å². The number of hydrogen-bond acceptors (Lipinski definition) is 3. The minimum atomic E-state index is 0.533. The van der Waals surface area contributed by atoms with Gasteiger partial charge in [0, 0.05) is 17.8 Å². The number of aryl methyl sites for hydroxylation is 1. The van der Waals surface area contributed by atoms with Crippen LogP contribution in [0.2, 0.25) is 0 Å². The number of benzene rings is 1. The first-order valence-corrected chi connectivity index (χ1v) is 9.73. The summed E-state index contributed by atoms with van der Waals surface area (Å²) in [6, 6.07) is 13.0. The minimum absolute atomic E-state index is 0.533. The zero-order chi connectivity index (χ0) is 17.9. The second-order valence-corrected chi connectivity index (χ2v) is 7.18. The van der Waals surface area contributed by atoms with Gasteiger partial charge in [-0.2, -0.15) is 0 Å². The highest BCUT2D eigenvalue weighted by atomic mass is 16.5. The first-order valence-electron chi connectivity index (χ1n) is 9.73. The topological polar surface area (TPSA) is 38.6 Å². The van der Waals surface area contributed by atoms with Crippen LogP contribution < -0.4 is 10.1 Å². The monoisotopic (exact) mass is 349 g/mol. The normalized spacial score (nSPS) is 15.3. The lowest BCUT2D eigenvalue weighted by Crippen LogP contribution is -2.23. The van der Waals surface area contributed by atoms with E-state index in [9.17, 15) is 0 Å². The number of aromatic nitrogens is 2. The quantitative estimate of drug-likeness (QED) is 0.665. The molecule has 4 rings (SSSR count). The van der Waals surface area contributed by atoms with Crippen molar-refractivity contribution in [2.45, 2.75) is 52.0 Å². The molecule has 1 aromatic carbocycles. The highest BCUT2D eigenvalue weighted by Crippen LogP contribution is 2.32. The van der Waals surface area contributed by atoms with Crippen LogP contribution in [0, 0.1) is 6.92 Å². The highest BCUT2D eigenvalue weighted by molar-refractivity contribution is 5.77. The van der Waals surface area contributed by atoms with Gasteiger partial charge in [-0.3, -0.25) is 4.40 Å². The van der Waals surface area contributed by atoms with Crippen molar-refractivity contribution in [3.8, 4) is 17.0 Å². The third kappa shape index (κ3) is 3.41. The Morgan fingerprint density at radius 3 is 2.58 bits per heavy atom. The Labute approximate surface area is 155 Å². The number of fused-ring (bicyclic) bond motifs is 1. The van der Waals surface area contributed by atoms with E-state index in [1.165, 1.54) is 37.7 Å². The predicted molar refractivity (Wildman–Crippen MR) is 107 cm³/mol. The van der Waals surface area contributed by atoms with Crippen LogP contribution in [0.15, 0.2) is 42.6 Å². The minimum Gasteiger partial charge on any atom is -0.494 e. The summed E-state index contributed by atoms with van der Waals surface area (Å²) in [4.78, 5) is 4.92. The van der Waals surface area contributed by atoms with Crippen LogP contribution in [0.1, 0.15) is 44.6 Å². The van der Waals surface area contributed by atoms with Gasteiger partial charge in [-0.25, -0.2) is 4.98 Å². The van der Waals surface area contributed by atoms with E-state index in [0.717, 1.165) is 28.5 Å². The maximum atomic E-state index is 5.58. The van der Waals surface area contributed by atoms with E-state index >= 15 is 0 Å². The molecular formula is C22H27N3O. The number of nitrogens with one attached hydrogen (secondary N) is 1. The van der Waals surface area contributed by atoms with Crippen LogP contribution in [-0.4, -0.2) is 22.0 Å². The molecule has 0 spiro atoms. The molecule has 0 radical (unpaired) electrons. The molecule has 1 fully saturated rings. The largest absolute Gasteiger partial charge is 0.494 e. The summed E-state index contributed by atoms with van der Waals surface area (Å²) >= 11 is 0. The fraction of sp³-hybridized carbons (Fsp3) is 0.409. The van der Waals surface area contributed by atoms with Gasteiger partial charge >= 0.3 is 0 Å². The van der Waals surface area contributed by atoms with Crippen LogP contribution in [0.25, 0.3) is 16.9 Å². The van der Waals surface area contributed by atoms with Crippen molar-refractivity contribution >= 4 is 11.5 Å². The third-order valence-corrected chi connectivity index (χ3v) is 5.15. The maximum Gasteiger partial charge on any atom is 0.139 e. The van der Waals surface area contributed by atoms with Crippen molar-refractivity contribution in [1.29, 1.82) is 0 Å². The van der Waals surface area contributed by atoms with Crippen LogP contribution in [0.4, 0.5) is 5.82 Å². The molecule has 2 heterocycles. The molecular weight excluding hydrogens is 322 g/mol. The standard InChI is InChI=1S/C22H27N3O/c1-3-26-19-12-10-17(11-13-19)21-22(23-18-7-5-4-6-8-18)25-15-16(2)9-14-20(25)24-21/h9-15,18,23H,3-8H2,1-2H3. The van der Waals surface area contributed by atoms with Gasteiger partial charge < -0.3 is 10.1 Å². The van der Waals surface area contributed by atoms with Gasteiger partial charge in [0.2, 0.25) is 0 Å². The number of ether oxygens (including phenoxy) is 1. The van der Waals surface area contributed by atoms with Crippen molar-refractivity contribution in [2.75, 3.05) is 11.9 Å². The van der Waals surface area contributed by atoms with Crippen LogP contribution >= 0.6 is 0 Å². The second kappa shape index (κ2) is 7.40. The molecule has 1 saturated carbocycles. The molecule has 136 valence electrons. The van der Waals surface area contributed by atoms with Crippen LogP contribution in [-0.2, 0) is 0 Å². The molecule has 0 bridgehead atoms. The summed E-state index contributed by atoms with van der Waals surface area (Å²) in [5.74, 6) is 2.01. The Morgan fingerprint density at radius 1 is 1.08 bits per heavy atom. The Morgan fingerprint density at radius 2 is 1.85 bits per heavy atom. The lowest BCUT2D eigenvalue weighted by Gasteiger charge is -2.24. The van der Waals surface area contributed by atoms with Crippen molar-refractivity contribution in [1.82, 2.24) is 9.38 Å². The lowest BCUT2D eigenvalue weighted by molar-refractivity contribution is 0.340. The van der Waals surface area contributed by atoms with E-state index < -0.39 is 0 Å². The van der Waals surface area contributed by atoms with Gasteiger partial charge in [-0.15, -0.1) is 0 Å². The lowest BCUT2D eigenvalue weighted by atomic mass is 9.95. The van der Waals surface area contributed by atoms with E-state index in [2.05, 4.69) is 47.1 Å². The SMILES string of the molecule is CCOc1ccc(-c2nc3ccc(C)cn3c2NC2CCCCC2)cc1. The molecule has 0 amide bonds. The van der Waals surface area contributed by atoms with Crippen molar-refractivity contribution in [3.05, 3.63) is 48.2 Å². The number of imidazole rings is 1. The highest BCUT2D eigenvalue weighted by Gasteiger charge is 2.19. The van der Waals surface area contributed by atoms with Gasteiger partial charge in [-0.05, 0) is 62.6 Å².